The van der Waals surface area contributed by atoms with Gasteiger partial charge in [-0.25, -0.2) is 8.78 Å². The predicted molar refractivity (Wildman–Crippen MR) is 49.9 cm³/mol. The molecule has 0 amide bonds. The summed E-state index contributed by atoms with van der Waals surface area (Å²) in [6.45, 7) is 0. The Labute approximate surface area is 88.7 Å². The number of aromatic nitrogens is 1. The first-order valence-electron chi connectivity index (χ1n) is 4.25. The van der Waals surface area contributed by atoms with Crippen molar-refractivity contribution in [1.29, 1.82) is 0 Å². The van der Waals surface area contributed by atoms with Crippen molar-refractivity contribution in [2.45, 2.75) is 12.8 Å². The van der Waals surface area contributed by atoms with E-state index in [-0.39, 0.29) is 11.3 Å². The molecule has 0 fully saturated rings. The maximum atomic E-state index is 12.5. The zero-order chi connectivity index (χ0) is 12.3. The number of hydrogen-bond acceptors (Lipinski definition) is 3. The van der Waals surface area contributed by atoms with Crippen LogP contribution in [0.25, 0.3) is 0 Å². The molecule has 0 unspecified atom stereocenters. The minimum absolute atomic E-state index is 0.168. The van der Waals surface area contributed by atoms with Crippen molar-refractivity contribution < 1.29 is 23.4 Å². The van der Waals surface area contributed by atoms with Gasteiger partial charge in [0.05, 0.1) is 19.2 Å². The molecule has 1 rings (SSSR count). The zero-order valence-electron chi connectivity index (χ0n) is 8.29. The summed E-state index contributed by atoms with van der Waals surface area (Å²) in [5.74, 6) is -1.46. The van der Waals surface area contributed by atoms with Gasteiger partial charge in [0.15, 0.2) is 5.75 Å². The van der Waals surface area contributed by atoms with Gasteiger partial charge >= 0.3 is 5.97 Å². The molecule has 2 N–H and O–H groups in total. The number of aromatic amines is 1. The Balaban J connectivity index is 3.30. The van der Waals surface area contributed by atoms with E-state index in [2.05, 4.69) is 4.74 Å². The number of halogens is 2. The molecule has 0 spiro atoms. The fraction of sp³-hybridized carbons (Fsp3) is 0.333. The maximum absolute atomic E-state index is 12.5. The van der Waals surface area contributed by atoms with E-state index in [9.17, 15) is 18.4 Å². The van der Waals surface area contributed by atoms with E-state index in [1.165, 1.54) is 7.11 Å². The molecular formula is C9H9F2NO4. The SMILES string of the molecule is COc1cc(CC(=O)O)c(C(F)F)[nH]c1=O. The Hall–Kier alpha value is -1.92. The van der Waals surface area contributed by atoms with E-state index >= 15 is 0 Å². The number of methoxy groups -OCH3 is 1. The Morgan fingerprint density at radius 1 is 1.62 bits per heavy atom. The molecule has 0 atom stereocenters. The van der Waals surface area contributed by atoms with Gasteiger partial charge in [-0.05, 0) is 11.6 Å². The Kier molecular flexibility index (Phi) is 3.60. The molecule has 0 aliphatic carbocycles. The molecule has 1 heterocycles. The average Bonchev–Trinajstić information content (AvgIpc) is 2.19. The highest BCUT2D eigenvalue weighted by atomic mass is 19.3. The first-order chi connectivity index (χ1) is 7.45. The van der Waals surface area contributed by atoms with Gasteiger partial charge in [0.25, 0.3) is 12.0 Å². The van der Waals surface area contributed by atoms with E-state index < -0.39 is 30.1 Å². The molecule has 5 nitrogen and oxygen atoms in total. The van der Waals surface area contributed by atoms with Crippen LogP contribution in [-0.2, 0) is 11.2 Å². The Bertz CT molecular complexity index is 455. The Morgan fingerprint density at radius 3 is 2.69 bits per heavy atom. The number of alkyl halides is 2. The molecule has 0 aliphatic rings. The number of carboxylic acid groups (broad SMARTS) is 1. The number of H-pyrrole nitrogens is 1. The molecule has 0 bridgehead atoms. The summed E-state index contributed by atoms with van der Waals surface area (Å²) in [6, 6.07) is 1.01. The van der Waals surface area contributed by atoms with Crippen LogP contribution in [0.2, 0.25) is 0 Å². The summed E-state index contributed by atoms with van der Waals surface area (Å²) in [5.41, 5.74) is -1.67. The number of aliphatic carboxylic acids is 1. The van der Waals surface area contributed by atoms with Gasteiger partial charge in [0.2, 0.25) is 0 Å². The van der Waals surface area contributed by atoms with Crippen molar-refractivity contribution in [3.63, 3.8) is 0 Å². The smallest absolute Gasteiger partial charge is 0.307 e. The number of pyridine rings is 1. The van der Waals surface area contributed by atoms with Gasteiger partial charge in [-0.2, -0.15) is 0 Å². The van der Waals surface area contributed by atoms with Crippen LogP contribution < -0.4 is 10.3 Å². The molecule has 0 aromatic carbocycles. The van der Waals surface area contributed by atoms with Crippen molar-refractivity contribution in [1.82, 2.24) is 4.98 Å². The predicted octanol–water partition coefficient (Wildman–Crippen LogP) is 0.948. The highest BCUT2D eigenvalue weighted by Crippen LogP contribution is 2.22. The Morgan fingerprint density at radius 2 is 2.25 bits per heavy atom. The molecule has 16 heavy (non-hydrogen) atoms. The van der Waals surface area contributed by atoms with E-state index in [0.717, 1.165) is 6.07 Å². The quantitative estimate of drug-likeness (QED) is 0.811. The van der Waals surface area contributed by atoms with Crippen molar-refractivity contribution in [3.05, 3.63) is 27.7 Å². The molecular weight excluding hydrogens is 224 g/mol. The number of carbonyl (C=O) groups is 1. The van der Waals surface area contributed by atoms with E-state index in [4.69, 9.17) is 5.11 Å². The first kappa shape index (κ1) is 12.2. The van der Waals surface area contributed by atoms with Gasteiger partial charge in [-0.1, -0.05) is 0 Å². The summed E-state index contributed by atoms with van der Waals surface area (Å²) in [7, 11) is 1.19. The van der Waals surface area contributed by atoms with Crippen LogP contribution in [0.1, 0.15) is 17.7 Å². The second-order valence-corrected chi connectivity index (χ2v) is 2.98. The van der Waals surface area contributed by atoms with Crippen molar-refractivity contribution in [3.8, 4) is 5.75 Å². The number of nitrogens with one attached hydrogen (secondary N) is 1. The molecule has 0 radical (unpaired) electrons. The molecule has 0 saturated carbocycles. The largest absolute Gasteiger partial charge is 0.491 e. The van der Waals surface area contributed by atoms with Gasteiger partial charge in [0, 0.05) is 0 Å². The lowest BCUT2D eigenvalue weighted by molar-refractivity contribution is -0.136. The van der Waals surface area contributed by atoms with Crippen LogP contribution in [0.3, 0.4) is 0 Å². The molecule has 7 heteroatoms. The summed E-state index contributed by atoms with van der Waals surface area (Å²) >= 11 is 0. The fourth-order valence-electron chi connectivity index (χ4n) is 1.22. The lowest BCUT2D eigenvalue weighted by Gasteiger charge is -2.08. The van der Waals surface area contributed by atoms with Gasteiger partial charge in [-0.15, -0.1) is 0 Å². The summed E-state index contributed by atoms with van der Waals surface area (Å²) in [4.78, 5) is 23.5. The summed E-state index contributed by atoms with van der Waals surface area (Å²) in [6.07, 6.45) is -3.54. The second-order valence-electron chi connectivity index (χ2n) is 2.98. The van der Waals surface area contributed by atoms with Crippen LogP contribution in [0, 0.1) is 0 Å². The number of rotatable bonds is 4. The molecule has 1 aromatic rings. The summed E-state index contributed by atoms with van der Waals surface area (Å²) in [5, 5.41) is 8.53. The summed E-state index contributed by atoms with van der Waals surface area (Å²) < 4.78 is 29.6. The van der Waals surface area contributed by atoms with E-state index in [1.54, 1.807) is 0 Å². The van der Waals surface area contributed by atoms with Crippen molar-refractivity contribution in [2.24, 2.45) is 0 Å². The zero-order valence-corrected chi connectivity index (χ0v) is 8.29. The van der Waals surface area contributed by atoms with Crippen molar-refractivity contribution >= 4 is 5.97 Å². The average molecular weight is 233 g/mol. The van der Waals surface area contributed by atoms with Crippen LogP contribution in [-0.4, -0.2) is 23.2 Å². The van der Waals surface area contributed by atoms with Gasteiger partial charge in [0.1, 0.15) is 0 Å². The number of hydrogen-bond donors (Lipinski definition) is 2. The standard InChI is InChI=1S/C9H9F2NO4/c1-16-5-2-4(3-6(13)14)7(8(10)11)12-9(5)15/h2,8H,3H2,1H3,(H,12,15)(H,13,14). The molecule has 1 aromatic heterocycles. The fourth-order valence-corrected chi connectivity index (χ4v) is 1.22. The maximum Gasteiger partial charge on any atom is 0.307 e. The third kappa shape index (κ3) is 2.56. The third-order valence-electron chi connectivity index (χ3n) is 1.90. The van der Waals surface area contributed by atoms with Crippen LogP contribution in [0.4, 0.5) is 8.78 Å². The lowest BCUT2D eigenvalue weighted by Crippen LogP contribution is -2.16. The van der Waals surface area contributed by atoms with Crippen molar-refractivity contribution in [2.75, 3.05) is 7.11 Å². The first-order valence-corrected chi connectivity index (χ1v) is 4.25. The normalized spacial score (nSPS) is 10.5. The number of ether oxygens (including phenoxy) is 1. The molecule has 0 saturated heterocycles. The lowest BCUT2D eigenvalue weighted by atomic mass is 10.1. The molecule has 0 aliphatic heterocycles. The van der Waals surface area contributed by atoms with Crippen LogP contribution in [0.15, 0.2) is 10.9 Å². The third-order valence-corrected chi connectivity index (χ3v) is 1.90. The minimum Gasteiger partial charge on any atom is -0.491 e. The van der Waals surface area contributed by atoms with Crippen LogP contribution in [0.5, 0.6) is 5.75 Å². The highest BCUT2D eigenvalue weighted by Gasteiger charge is 2.18. The van der Waals surface area contributed by atoms with Gasteiger partial charge < -0.3 is 14.8 Å². The second kappa shape index (κ2) is 4.73. The minimum atomic E-state index is -2.94. The topological polar surface area (TPSA) is 79.4 Å². The highest BCUT2D eigenvalue weighted by molar-refractivity contribution is 5.70. The van der Waals surface area contributed by atoms with Gasteiger partial charge in [-0.3, -0.25) is 9.59 Å². The molecule has 88 valence electrons. The monoisotopic (exact) mass is 233 g/mol. The number of carboxylic acids is 1. The van der Waals surface area contributed by atoms with E-state index in [1.807, 2.05) is 4.98 Å². The van der Waals surface area contributed by atoms with Crippen LogP contribution >= 0.6 is 0 Å². The van der Waals surface area contributed by atoms with E-state index in [0.29, 0.717) is 0 Å².